The molecule has 3 rings (SSSR count). The van der Waals surface area contributed by atoms with Crippen molar-refractivity contribution < 1.29 is 9.21 Å². The number of carbonyl (C=O) groups excluding carboxylic acids is 1. The van der Waals surface area contributed by atoms with Gasteiger partial charge in [0.25, 0.3) is 5.91 Å². The van der Waals surface area contributed by atoms with Gasteiger partial charge < -0.3 is 14.2 Å². The highest BCUT2D eigenvalue weighted by Gasteiger charge is 2.25. The number of benzene rings is 1. The highest BCUT2D eigenvalue weighted by molar-refractivity contribution is 5.93. The summed E-state index contributed by atoms with van der Waals surface area (Å²) in [5.74, 6) is 0.473. The molecule has 0 spiro atoms. The number of aryl methyl sites for hydroxylation is 2. The summed E-state index contributed by atoms with van der Waals surface area (Å²) in [7, 11) is 0. The Hall–Kier alpha value is -2.23. The molecule has 4 nitrogen and oxygen atoms in total. The number of amides is 1. The molecular formula is C17H20N2O2. The Kier molecular flexibility index (Phi) is 3.69. The van der Waals surface area contributed by atoms with E-state index in [0.29, 0.717) is 5.76 Å². The molecule has 0 atom stereocenters. The Morgan fingerprint density at radius 3 is 2.33 bits per heavy atom. The maximum Gasteiger partial charge on any atom is 0.289 e. The maximum atomic E-state index is 12.4. The Labute approximate surface area is 125 Å². The van der Waals surface area contributed by atoms with Gasteiger partial charge in [-0.25, -0.2) is 0 Å². The molecule has 1 aliphatic rings. The van der Waals surface area contributed by atoms with Crippen molar-refractivity contribution in [3.63, 3.8) is 0 Å². The summed E-state index contributed by atoms with van der Waals surface area (Å²) in [5, 5.41) is 0. The predicted molar refractivity (Wildman–Crippen MR) is 82.7 cm³/mol. The van der Waals surface area contributed by atoms with Crippen LogP contribution in [0.25, 0.3) is 0 Å². The van der Waals surface area contributed by atoms with Crippen LogP contribution in [-0.2, 0) is 0 Å². The van der Waals surface area contributed by atoms with Gasteiger partial charge in [0.15, 0.2) is 5.76 Å². The van der Waals surface area contributed by atoms with Gasteiger partial charge in [-0.2, -0.15) is 0 Å². The third-order valence-corrected chi connectivity index (χ3v) is 4.08. The monoisotopic (exact) mass is 284 g/mol. The lowest BCUT2D eigenvalue weighted by atomic mass is 10.1. The fraction of sp³-hybridized carbons (Fsp3) is 0.353. The number of hydrogen-bond acceptors (Lipinski definition) is 3. The summed E-state index contributed by atoms with van der Waals surface area (Å²) >= 11 is 0. The minimum absolute atomic E-state index is 0.00179. The number of hydrogen-bond donors (Lipinski definition) is 0. The van der Waals surface area contributed by atoms with Crippen molar-refractivity contribution >= 4 is 11.6 Å². The zero-order chi connectivity index (χ0) is 14.8. The molecule has 1 fully saturated rings. The summed E-state index contributed by atoms with van der Waals surface area (Å²) in [6.45, 7) is 7.20. The lowest BCUT2D eigenvalue weighted by Crippen LogP contribution is -2.49. The van der Waals surface area contributed by atoms with Crippen LogP contribution in [0.5, 0.6) is 0 Å². The maximum absolute atomic E-state index is 12.4. The van der Waals surface area contributed by atoms with Gasteiger partial charge in [-0.15, -0.1) is 0 Å². The van der Waals surface area contributed by atoms with E-state index in [-0.39, 0.29) is 5.91 Å². The van der Waals surface area contributed by atoms with E-state index in [4.69, 9.17) is 4.42 Å². The fourth-order valence-corrected chi connectivity index (χ4v) is 2.80. The van der Waals surface area contributed by atoms with Crippen LogP contribution >= 0.6 is 0 Å². The SMILES string of the molecule is Cc1ccccc1N1CCN(C(=O)c2occc2C)CC1. The van der Waals surface area contributed by atoms with Crippen molar-refractivity contribution in [3.8, 4) is 0 Å². The first-order valence-electron chi connectivity index (χ1n) is 7.31. The quantitative estimate of drug-likeness (QED) is 0.851. The average Bonchev–Trinajstić information content (AvgIpc) is 2.93. The lowest BCUT2D eigenvalue weighted by Gasteiger charge is -2.36. The molecule has 0 saturated carbocycles. The van der Waals surface area contributed by atoms with Crippen LogP contribution in [0.3, 0.4) is 0 Å². The smallest absolute Gasteiger partial charge is 0.289 e. The van der Waals surface area contributed by atoms with Crippen molar-refractivity contribution in [3.05, 3.63) is 53.5 Å². The van der Waals surface area contributed by atoms with E-state index in [1.165, 1.54) is 11.3 Å². The number of piperazine rings is 1. The van der Waals surface area contributed by atoms with E-state index in [1.54, 1.807) is 6.26 Å². The van der Waals surface area contributed by atoms with Gasteiger partial charge in [-0.05, 0) is 31.5 Å². The summed E-state index contributed by atoms with van der Waals surface area (Å²) in [5.41, 5.74) is 3.44. The van der Waals surface area contributed by atoms with Crippen LogP contribution in [0.1, 0.15) is 21.7 Å². The molecule has 0 N–H and O–H groups in total. The van der Waals surface area contributed by atoms with E-state index in [0.717, 1.165) is 31.7 Å². The molecule has 2 heterocycles. The molecule has 2 aromatic rings. The topological polar surface area (TPSA) is 36.7 Å². The van der Waals surface area contributed by atoms with Gasteiger partial charge in [0.2, 0.25) is 0 Å². The Balaban J connectivity index is 1.67. The van der Waals surface area contributed by atoms with Crippen molar-refractivity contribution in [2.75, 3.05) is 31.1 Å². The Bertz CT molecular complexity index is 640. The van der Waals surface area contributed by atoms with Crippen LogP contribution < -0.4 is 4.90 Å². The molecule has 1 amide bonds. The van der Waals surface area contributed by atoms with Crippen LogP contribution in [0.15, 0.2) is 41.0 Å². The van der Waals surface area contributed by atoms with E-state index in [1.807, 2.05) is 17.9 Å². The highest BCUT2D eigenvalue weighted by atomic mass is 16.3. The van der Waals surface area contributed by atoms with Gasteiger partial charge >= 0.3 is 0 Å². The first-order chi connectivity index (χ1) is 10.2. The van der Waals surface area contributed by atoms with Gasteiger partial charge in [-0.3, -0.25) is 4.79 Å². The molecule has 1 saturated heterocycles. The molecule has 1 aliphatic heterocycles. The van der Waals surface area contributed by atoms with Crippen LogP contribution in [-0.4, -0.2) is 37.0 Å². The van der Waals surface area contributed by atoms with E-state index in [2.05, 4.69) is 36.1 Å². The molecule has 4 heteroatoms. The summed E-state index contributed by atoms with van der Waals surface area (Å²) in [6, 6.07) is 10.2. The number of nitrogens with zero attached hydrogens (tertiary/aromatic N) is 2. The third kappa shape index (κ3) is 2.66. The molecular weight excluding hydrogens is 264 g/mol. The molecule has 0 aliphatic carbocycles. The van der Waals surface area contributed by atoms with E-state index < -0.39 is 0 Å². The van der Waals surface area contributed by atoms with Crippen LogP contribution in [0.4, 0.5) is 5.69 Å². The molecule has 1 aromatic carbocycles. The minimum atomic E-state index is 0.00179. The average molecular weight is 284 g/mol. The first-order valence-corrected chi connectivity index (χ1v) is 7.31. The Morgan fingerprint density at radius 2 is 1.71 bits per heavy atom. The normalized spacial score (nSPS) is 15.3. The largest absolute Gasteiger partial charge is 0.459 e. The Morgan fingerprint density at radius 1 is 1.00 bits per heavy atom. The zero-order valence-electron chi connectivity index (χ0n) is 12.5. The molecule has 0 unspecified atom stereocenters. The summed E-state index contributed by atoms with van der Waals surface area (Å²) in [6.07, 6.45) is 1.58. The first kappa shape index (κ1) is 13.7. The van der Waals surface area contributed by atoms with Crippen molar-refractivity contribution in [1.29, 1.82) is 0 Å². The fourth-order valence-electron chi connectivity index (χ4n) is 2.80. The highest BCUT2D eigenvalue weighted by Crippen LogP contribution is 2.21. The number of para-hydroxylation sites is 1. The van der Waals surface area contributed by atoms with E-state index in [9.17, 15) is 4.79 Å². The molecule has 1 aromatic heterocycles. The zero-order valence-corrected chi connectivity index (χ0v) is 12.5. The van der Waals surface area contributed by atoms with Crippen LogP contribution in [0.2, 0.25) is 0 Å². The summed E-state index contributed by atoms with van der Waals surface area (Å²) in [4.78, 5) is 16.6. The van der Waals surface area contributed by atoms with Crippen molar-refractivity contribution in [2.45, 2.75) is 13.8 Å². The predicted octanol–water partition coefficient (Wildman–Crippen LogP) is 2.86. The number of anilines is 1. The van der Waals surface area contributed by atoms with Gasteiger partial charge in [0.05, 0.1) is 6.26 Å². The van der Waals surface area contributed by atoms with Crippen molar-refractivity contribution in [2.24, 2.45) is 0 Å². The third-order valence-electron chi connectivity index (χ3n) is 4.08. The van der Waals surface area contributed by atoms with Crippen molar-refractivity contribution in [1.82, 2.24) is 4.90 Å². The lowest BCUT2D eigenvalue weighted by molar-refractivity contribution is 0.0713. The number of carbonyl (C=O) groups is 1. The standard InChI is InChI=1S/C17H20N2O2/c1-13-5-3-4-6-15(13)18-8-10-19(11-9-18)17(20)16-14(2)7-12-21-16/h3-7,12H,8-11H2,1-2H3. The molecule has 0 bridgehead atoms. The van der Waals surface area contributed by atoms with Gasteiger partial charge in [-0.1, -0.05) is 18.2 Å². The summed E-state index contributed by atoms with van der Waals surface area (Å²) < 4.78 is 5.31. The second-order valence-electron chi connectivity index (χ2n) is 5.50. The molecule has 0 radical (unpaired) electrons. The second-order valence-corrected chi connectivity index (χ2v) is 5.50. The van der Waals surface area contributed by atoms with Crippen LogP contribution in [0, 0.1) is 13.8 Å². The molecule has 21 heavy (non-hydrogen) atoms. The number of furan rings is 1. The van der Waals surface area contributed by atoms with E-state index >= 15 is 0 Å². The minimum Gasteiger partial charge on any atom is -0.459 e. The second kappa shape index (κ2) is 5.64. The number of rotatable bonds is 2. The van der Waals surface area contributed by atoms with Gasteiger partial charge in [0, 0.05) is 37.4 Å². The van der Waals surface area contributed by atoms with Gasteiger partial charge in [0.1, 0.15) is 0 Å². The molecule has 110 valence electrons.